The number of sulfonamides is 1. The lowest BCUT2D eigenvalue weighted by atomic mass is 10.1. The molecule has 0 atom stereocenters. The second kappa shape index (κ2) is 41.5. The number of anilines is 10. The Morgan fingerprint density at radius 3 is 1.34 bits per heavy atom. The zero-order valence-electron chi connectivity index (χ0n) is 65.0. The van der Waals surface area contributed by atoms with Crippen LogP contribution in [0.3, 0.4) is 0 Å². The number of nitrogens with two attached hydrogens (primary N) is 5. The van der Waals surface area contributed by atoms with Crippen LogP contribution in [0, 0.1) is 13.8 Å². The van der Waals surface area contributed by atoms with Crippen molar-refractivity contribution in [3.8, 4) is 62.0 Å². The van der Waals surface area contributed by atoms with Crippen molar-refractivity contribution in [1.29, 1.82) is 0 Å². The average Bonchev–Trinajstić information content (AvgIpc) is 1.67. The Morgan fingerprint density at radius 1 is 0.429 bits per heavy atom. The van der Waals surface area contributed by atoms with Gasteiger partial charge in [-0.15, -0.1) is 0 Å². The Labute approximate surface area is 712 Å². The highest BCUT2D eigenvalue weighted by Gasteiger charge is 2.31. The molecular formula is C85H85Cl5F3N21O4S. The van der Waals surface area contributed by atoms with Crippen molar-refractivity contribution in [1.82, 2.24) is 54.1 Å². The van der Waals surface area contributed by atoms with E-state index in [0.29, 0.717) is 112 Å². The first-order chi connectivity index (χ1) is 57.1. The molecule has 5 aromatic heterocycles. The summed E-state index contributed by atoms with van der Waals surface area (Å²) >= 11 is 30.0. The van der Waals surface area contributed by atoms with Gasteiger partial charge in [0.05, 0.1) is 68.8 Å². The molecule has 616 valence electrons. The minimum atomic E-state index is -4.42. The van der Waals surface area contributed by atoms with Gasteiger partial charge in [-0.25, -0.2) is 33.3 Å². The van der Waals surface area contributed by atoms with Crippen LogP contribution >= 0.6 is 58.0 Å². The third-order valence-corrected chi connectivity index (χ3v) is 21.8. The summed E-state index contributed by atoms with van der Waals surface area (Å²) in [4.78, 5) is 42.1. The Kier molecular flexibility index (Phi) is 30.6. The van der Waals surface area contributed by atoms with Gasteiger partial charge in [-0.2, -0.15) is 42.4 Å². The van der Waals surface area contributed by atoms with Gasteiger partial charge in [0, 0.05) is 126 Å². The van der Waals surface area contributed by atoms with Crippen LogP contribution < -0.4 is 60.0 Å². The lowest BCUT2D eigenvalue weighted by Gasteiger charge is -2.26. The molecule has 0 aliphatic carbocycles. The monoisotopic (exact) mass is 1730 g/mol. The Balaban J connectivity index is 0.000000146. The summed E-state index contributed by atoms with van der Waals surface area (Å²) in [7, 11) is -0.0352. The number of alkyl halides is 3. The number of rotatable bonds is 21. The summed E-state index contributed by atoms with van der Waals surface area (Å²) in [5, 5.41) is 18.6. The molecule has 8 aromatic carbocycles. The number of fused-ring (bicyclic) bond motifs is 1. The number of halogens is 8. The second-order valence-electron chi connectivity index (χ2n) is 26.8. The number of benzene rings is 8. The topological polar surface area (TPSA) is 375 Å². The first kappa shape index (κ1) is 87.9. The third-order valence-electron chi connectivity index (χ3n) is 18.3. The minimum Gasteiger partial charge on any atom is -0.492 e. The fourth-order valence-electron chi connectivity index (χ4n) is 12.3. The van der Waals surface area contributed by atoms with Crippen molar-refractivity contribution in [2.75, 3.05) is 122 Å². The fraction of sp³-hybridized carbons (Fsp3) is 0.200. The molecule has 1 saturated heterocycles. The molecule has 7 heterocycles. The predicted octanol–water partition coefficient (Wildman–Crippen LogP) is 17.5. The maximum Gasteiger partial charge on any atom is 0.416 e. The van der Waals surface area contributed by atoms with Crippen LogP contribution in [0.2, 0.25) is 25.1 Å². The molecule has 15 rings (SSSR count). The van der Waals surface area contributed by atoms with Gasteiger partial charge < -0.3 is 64.7 Å². The Hall–Kier alpha value is -11.9. The van der Waals surface area contributed by atoms with E-state index in [-0.39, 0.29) is 34.6 Å². The number of nitrogens with one attached hydrogen (secondary N) is 5. The number of nitrogen functional groups attached to an aromatic ring is 5. The number of nitrogens with zero attached hydrogens (tertiary/aromatic N) is 11. The third kappa shape index (κ3) is 25.1. The van der Waals surface area contributed by atoms with E-state index in [0.717, 1.165) is 112 Å². The Morgan fingerprint density at radius 2 is 0.840 bits per heavy atom. The van der Waals surface area contributed by atoms with Crippen LogP contribution in [-0.2, 0) is 46.6 Å². The number of hydrogen-bond acceptors (Lipinski definition) is 24. The molecule has 0 bridgehead atoms. The zero-order valence-corrected chi connectivity index (χ0v) is 69.6. The zero-order chi connectivity index (χ0) is 84.8. The van der Waals surface area contributed by atoms with Gasteiger partial charge in [0.25, 0.3) is 0 Å². The van der Waals surface area contributed by atoms with Crippen LogP contribution in [-0.4, -0.2) is 129 Å². The van der Waals surface area contributed by atoms with Crippen LogP contribution in [0.1, 0.15) is 38.9 Å². The molecule has 0 unspecified atom stereocenters. The van der Waals surface area contributed by atoms with E-state index < -0.39 is 21.8 Å². The first-order valence-electron chi connectivity index (χ1n) is 37.3. The van der Waals surface area contributed by atoms with Crippen molar-refractivity contribution in [2.24, 2.45) is 0 Å². The maximum atomic E-state index is 12.9. The number of ether oxygens (including phenoxy) is 2. The summed E-state index contributed by atoms with van der Waals surface area (Å²) < 4.78 is 76.9. The molecule has 0 amide bonds. The molecule has 25 nitrogen and oxygen atoms in total. The van der Waals surface area contributed by atoms with E-state index in [9.17, 15) is 21.6 Å². The number of hydrogen-bond donors (Lipinski definition) is 10. The lowest BCUT2D eigenvalue weighted by molar-refractivity contribution is -0.137. The number of morpholine rings is 1. The molecule has 0 saturated carbocycles. The molecule has 2 aliphatic rings. The molecule has 2 aliphatic heterocycles. The fourth-order valence-corrected chi connectivity index (χ4v) is 14.5. The summed E-state index contributed by atoms with van der Waals surface area (Å²) in [5.41, 5.74) is 41.8. The van der Waals surface area contributed by atoms with Gasteiger partial charge in [-0.1, -0.05) is 161 Å². The van der Waals surface area contributed by atoms with Crippen molar-refractivity contribution in [2.45, 2.75) is 50.6 Å². The highest BCUT2D eigenvalue weighted by Crippen LogP contribution is 2.39. The summed E-state index contributed by atoms with van der Waals surface area (Å²) in [6, 6.07) is 61.5. The Bertz CT molecular complexity index is 5750. The summed E-state index contributed by atoms with van der Waals surface area (Å²) in [6.07, 6.45) is -1.05. The minimum absolute atomic E-state index is 0.0149. The molecule has 1 fully saturated rings. The molecular weight excluding hydrogens is 1650 g/mol. The van der Waals surface area contributed by atoms with Crippen LogP contribution in [0.5, 0.6) is 5.75 Å². The molecule has 13 aromatic rings. The van der Waals surface area contributed by atoms with E-state index in [2.05, 4.69) is 95.5 Å². The molecule has 119 heavy (non-hydrogen) atoms. The van der Waals surface area contributed by atoms with Gasteiger partial charge in [-0.05, 0) is 139 Å². The van der Waals surface area contributed by atoms with Crippen molar-refractivity contribution in [3.63, 3.8) is 0 Å². The average molecular weight is 1730 g/mol. The smallest absolute Gasteiger partial charge is 0.416 e. The van der Waals surface area contributed by atoms with E-state index >= 15 is 0 Å². The van der Waals surface area contributed by atoms with Gasteiger partial charge >= 0.3 is 6.18 Å². The largest absolute Gasteiger partial charge is 0.492 e. The number of para-hydroxylation sites is 1. The van der Waals surface area contributed by atoms with Crippen molar-refractivity contribution in [3.05, 3.63) is 270 Å². The highest BCUT2D eigenvalue weighted by molar-refractivity contribution is 7.89. The van der Waals surface area contributed by atoms with Crippen molar-refractivity contribution >= 4 is 127 Å². The quantitative estimate of drug-likeness (QED) is 0.0319. The molecule has 0 radical (unpaired) electrons. The van der Waals surface area contributed by atoms with Gasteiger partial charge in [0.2, 0.25) is 39.8 Å². The maximum absolute atomic E-state index is 12.9. The van der Waals surface area contributed by atoms with E-state index in [1.807, 2.05) is 134 Å². The second-order valence-corrected chi connectivity index (χ2v) is 30.8. The van der Waals surface area contributed by atoms with E-state index in [1.165, 1.54) is 27.1 Å². The molecule has 34 heteroatoms. The SMILES string of the molecule is CNc1cc(-c2cc(S(=O)(=O)N3CCOCC3)ccc2C)nc(N)n1.CNc1cc(-c2cccc3c2OCC3)nc(N)n1.Cc1ccccc1-c1cc(NCCc2ccc(Cl)cc2)nc(N)n1.Nc1nc(NCCc2ccc(Cl)cc2)cc(-c2cccc(C(F)(F)F)c2)n1.Nc1nc(NCCc2ccc(Cl)cc2)cc(-c2cccc(Cl)c2Cl)n1. The van der Waals surface area contributed by atoms with Gasteiger partial charge in [-0.3, -0.25) is 0 Å². The summed E-state index contributed by atoms with van der Waals surface area (Å²) in [6.45, 7) is 8.24. The number of aryl methyl sites for hydroxylation is 2. The van der Waals surface area contributed by atoms with Crippen LogP contribution in [0.4, 0.5) is 72.0 Å². The first-order valence-corrected chi connectivity index (χ1v) is 40.6. The van der Waals surface area contributed by atoms with Crippen LogP contribution in [0.25, 0.3) is 56.3 Å². The van der Waals surface area contributed by atoms with E-state index in [4.69, 9.17) is 96.1 Å². The van der Waals surface area contributed by atoms with Gasteiger partial charge in [0.15, 0.2) is 0 Å². The van der Waals surface area contributed by atoms with Crippen molar-refractivity contribution < 1.29 is 31.1 Å². The molecule has 15 N–H and O–H groups in total. The standard InChI is InChI=1S/C19H16ClF3N4.C19H19ClN4.C18H15Cl3N4.C16H21N5O3S.C13H14N4O/c20-15-6-4-12(5-7-15)8-9-25-17-11-16(26-18(24)27-17)13-2-1-3-14(10-13)19(21,22)23;1-13-4-2-3-5-16(13)17-12-18(24-19(21)23-17)22-11-10-14-6-8-15(20)9-7-14;19-12-6-4-11(5-7-12)8-9-23-16-10-15(24-18(22)25-16)13-2-1-3-14(20)17(13)21;1-11-3-4-12(25(22,23)21-5-7-24-8-6-21)9-13(11)14-10-15(18-2)20-16(17)19-14;1-15-11-7-10(16-13(14)17-11)9-4-2-3-8-5-6-18-12(8)9/h1-7,10-11H,8-9H2,(H3,24,25,26,27);2-9,12H,10-11H2,1H3,(H3,21,22,23,24);1-7,10H,8-9H2,(H3,22,23,24,25);3-4,9-10H,5-8H2,1-2H3,(H3,17,18,19,20);2-4,7H,5-6H2,1H3,(H3,14,15,16,17). The highest BCUT2D eigenvalue weighted by atomic mass is 35.5. The normalized spacial score (nSPS) is 12.3. The number of aromatic nitrogens is 10. The summed E-state index contributed by atoms with van der Waals surface area (Å²) in [5.74, 6) is 4.81. The predicted molar refractivity (Wildman–Crippen MR) is 473 cm³/mol. The van der Waals surface area contributed by atoms with E-state index in [1.54, 1.807) is 62.6 Å². The molecule has 0 spiro atoms. The van der Waals surface area contributed by atoms with Crippen LogP contribution in [0.15, 0.2) is 211 Å². The van der Waals surface area contributed by atoms with Gasteiger partial charge in [0.1, 0.15) is 34.8 Å². The lowest BCUT2D eigenvalue weighted by Crippen LogP contribution is -2.40.